The summed E-state index contributed by atoms with van der Waals surface area (Å²) >= 11 is 0. The second kappa shape index (κ2) is 7.04. The zero-order chi connectivity index (χ0) is 17.9. The maximum Gasteiger partial charge on any atom is 0.247 e. The first-order valence-corrected chi connectivity index (χ1v) is 8.93. The Kier molecular flexibility index (Phi) is 4.82. The van der Waals surface area contributed by atoms with Crippen molar-refractivity contribution < 1.29 is 17.6 Å². The van der Waals surface area contributed by atoms with Crippen LogP contribution in [0.5, 0.6) is 5.75 Å². The van der Waals surface area contributed by atoms with E-state index in [0.29, 0.717) is 5.89 Å². The minimum Gasteiger partial charge on any atom is -0.497 e. The number of sulfonamides is 1. The van der Waals surface area contributed by atoms with E-state index >= 15 is 0 Å². The van der Waals surface area contributed by atoms with E-state index in [9.17, 15) is 8.42 Å². The Bertz CT molecular complexity index is 938. The van der Waals surface area contributed by atoms with E-state index in [0.717, 1.165) is 11.3 Å². The first kappa shape index (κ1) is 17.1. The third-order valence-electron chi connectivity index (χ3n) is 3.61. The van der Waals surface area contributed by atoms with Crippen LogP contribution >= 0.6 is 0 Å². The molecule has 0 radical (unpaired) electrons. The smallest absolute Gasteiger partial charge is 0.247 e. The molecule has 0 amide bonds. The number of ether oxygens (including phenoxy) is 1. The SMILES string of the molecule is COc1ccc(-c2nnc(CN(C)S(=O)(=O)c3ccccc3)o2)cc1. The summed E-state index contributed by atoms with van der Waals surface area (Å²) in [6, 6.07) is 15.4. The minimum absolute atomic E-state index is 0.0135. The summed E-state index contributed by atoms with van der Waals surface area (Å²) in [6.45, 7) is -0.0135. The third kappa shape index (κ3) is 3.70. The van der Waals surface area contributed by atoms with Gasteiger partial charge in [0.25, 0.3) is 0 Å². The van der Waals surface area contributed by atoms with Crippen molar-refractivity contribution in [3.63, 3.8) is 0 Å². The lowest BCUT2D eigenvalue weighted by atomic mass is 10.2. The molecule has 1 aromatic heterocycles. The van der Waals surface area contributed by atoms with E-state index in [1.165, 1.54) is 11.4 Å². The third-order valence-corrected chi connectivity index (χ3v) is 5.43. The summed E-state index contributed by atoms with van der Waals surface area (Å²) in [4.78, 5) is 0.215. The summed E-state index contributed by atoms with van der Waals surface area (Å²) < 4.78 is 36.9. The molecule has 1 heterocycles. The van der Waals surface area contributed by atoms with Crippen LogP contribution in [0.1, 0.15) is 5.89 Å². The first-order chi connectivity index (χ1) is 12.0. The number of nitrogens with zero attached hydrogens (tertiary/aromatic N) is 3. The monoisotopic (exact) mass is 359 g/mol. The predicted molar refractivity (Wildman–Crippen MR) is 91.4 cm³/mol. The molecule has 0 saturated carbocycles. The lowest BCUT2D eigenvalue weighted by Crippen LogP contribution is -2.26. The first-order valence-electron chi connectivity index (χ1n) is 7.49. The quantitative estimate of drug-likeness (QED) is 0.672. The molecular formula is C17H17N3O4S. The molecule has 3 aromatic rings. The highest BCUT2D eigenvalue weighted by Gasteiger charge is 2.22. The molecule has 8 heteroatoms. The Morgan fingerprint density at radius 1 is 1.04 bits per heavy atom. The van der Waals surface area contributed by atoms with Gasteiger partial charge in [-0.3, -0.25) is 0 Å². The van der Waals surface area contributed by atoms with Gasteiger partial charge in [0.15, 0.2) is 0 Å². The summed E-state index contributed by atoms with van der Waals surface area (Å²) in [6.07, 6.45) is 0. The molecule has 0 bridgehead atoms. The van der Waals surface area contributed by atoms with Gasteiger partial charge < -0.3 is 9.15 Å². The molecular weight excluding hydrogens is 342 g/mol. The lowest BCUT2D eigenvalue weighted by molar-refractivity contribution is 0.399. The molecule has 0 N–H and O–H groups in total. The molecule has 0 spiro atoms. The molecule has 0 fully saturated rings. The summed E-state index contributed by atoms with van der Waals surface area (Å²) in [5.74, 6) is 1.26. The van der Waals surface area contributed by atoms with Gasteiger partial charge in [0.1, 0.15) is 5.75 Å². The Balaban J connectivity index is 1.76. The largest absolute Gasteiger partial charge is 0.497 e. The molecule has 0 aliphatic heterocycles. The standard InChI is InChI=1S/C17H17N3O4S/c1-20(25(21,22)15-6-4-3-5-7-15)12-16-18-19-17(24-16)13-8-10-14(23-2)11-9-13/h3-11H,12H2,1-2H3. The fourth-order valence-corrected chi connectivity index (χ4v) is 3.36. The van der Waals surface area contributed by atoms with Crippen molar-refractivity contribution in [1.29, 1.82) is 0 Å². The fourth-order valence-electron chi connectivity index (χ4n) is 2.22. The van der Waals surface area contributed by atoms with Crippen molar-refractivity contribution >= 4 is 10.0 Å². The van der Waals surface area contributed by atoms with Gasteiger partial charge in [0.2, 0.25) is 21.8 Å². The van der Waals surface area contributed by atoms with Crippen molar-refractivity contribution in [2.75, 3.05) is 14.2 Å². The second-order valence-electron chi connectivity index (χ2n) is 5.30. The topological polar surface area (TPSA) is 85.5 Å². The fraction of sp³-hybridized carbons (Fsp3) is 0.176. The zero-order valence-electron chi connectivity index (χ0n) is 13.8. The molecule has 130 valence electrons. The maximum atomic E-state index is 12.5. The van der Waals surface area contributed by atoms with E-state index in [-0.39, 0.29) is 17.3 Å². The Hall–Kier alpha value is -2.71. The van der Waals surface area contributed by atoms with Crippen molar-refractivity contribution in [2.45, 2.75) is 11.4 Å². The van der Waals surface area contributed by atoms with Gasteiger partial charge in [0, 0.05) is 12.6 Å². The summed E-state index contributed by atoms with van der Waals surface area (Å²) in [5.41, 5.74) is 0.730. The van der Waals surface area contributed by atoms with Gasteiger partial charge in [0.05, 0.1) is 18.6 Å². The highest BCUT2D eigenvalue weighted by Crippen LogP contribution is 2.22. The van der Waals surface area contributed by atoms with Crippen LogP contribution in [-0.2, 0) is 16.6 Å². The van der Waals surface area contributed by atoms with Crippen molar-refractivity contribution in [2.24, 2.45) is 0 Å². The molecule has 3 rings (SSSR count). The molecule has 25 heavy (non-hydrogen) atoms. The molecule has 2 aromatic carbocycles. The van der Waals surface area contributed by atoms with Gasteiger partial charge in [-0.05, 0) is 36.4 Å². The number of rotatable bonds is 6. The Morgan fingerprint density at radius 2 is 1.72 bits per heavy atom. The number of hydrogen-bond donors (Lipinski definition) is 0. The van der Waals surface area contributed by atoms with E-state index < -0.39 is 10.0 Å². The predicted octanol–water partition coefficient (Wildman–Crippen LogP) is 2.57. The second-order valence-corrected chi connectivity index (χ2v) is 7.35. The summed E-state index contributed by atoms with van der Waals surface area (Å²) in [5, 5.41) is 7.90. The van der Waals surface area contributed by atoms with Crippen LogP contribution in [0.15, 0.2) is 63.9 Å². The van der Waals surface area contributed by atoms with Gasteiger partial charge >= 0.3 is 0 Å². The minimum atomic E-state index is -3.61. The molecule has 0 unspecified atom stereocenters. The van der Waals surface area contributed by atoms with Crippen LogP contribution in [0.3, 0.4) is 0 Å². The number of hydrogen-bond acceptors (Lipinski definition) is 6. The number of aromatic nitrogens is 2. The number of methoxy groups -OCH3 is 1. The zero-order valence-corrected chi connectivity index (χ0v) is 14.6. The lowest BCUT2D eigenvalue weighted by Gasteiger charge is -2.14. The highest BCUT2D eigenvalue weighted by atomic mass is 32.2. The van der Waals surface area contributed by atoms with Crippen molar-refractivity contribution in [3.8, 4) is 17.2 Å². The van der Waals surface area contributed by atoms with E-state index in [1.54, 1.807) is 61.7 Å². The maximum absolute atomic E-state index is 12.5. The Morgan fingerprint density at radius 3 is 2.36 bits per heavy atom. The molecule has 0 aliphatic carbocycles. The summed E-state index contributed by atoms with van der Waals surface area (Å²) in [7, 11) is -0.555. The van der Waals surface area contributed by atoms with E-state index in [1.807, 2.05) is 0 Å². The molecule has 0 atom stereocenters. The van der Waals surface area contributed by atoms with Crippen LogP contribution in [0, 0.1) is 0 Å². The van der Waals surface area contributed by atoms with Crippen LogP contribution < -0.4 is 4.74 Å². The van der Waals surface area contributed by atoms with Gasteiger partial charge in [-0.1, -0.05) is 18.2 Å². The molecule has 0 saturated heterocycles. The van der Waals surface area contributed by atoms with Gasteiger partial charge in [-0.15, -0.1) is 10.2 Å². The number of benzene rings is 2. The van der Waals surface area contributed by atoms with E-state index in [2.05, 4.69) is 10.2 Å². The average Bonchev–Trinajstić information content (AvgIpc) is 3.11. The van der Waals surface area contributed by atoms with E-state index in [4.69, 9.17) is 9.15 Å². The van der Waals surface area contributed by atoms with Crippen molar-refractivity contribution in [3.05, 3.63) is 60.5 Å². The van der Waals surface area contributed by atoms with Crippen LogP contribution in [-0.4, -0.2) is 37.1 Å². The van der Waals surface area contributed by atoms with Crippen LogP contribution in [0.2, 0.25) is 0 Å². The molecule has 0 aliphatic rings. The normalized spacial score (nSPS) is 11.6. The Labute approximate surface area is 145 Å². The van der Waals surface area contributed by atoms with Crippen molar-refractivity contribution in [1.82, 2.24) is 14.5 Å². The van der Waals surface area contributed by atoms with Crippen LogP contribution in [0.25, 0.3) is 11.5 Å². The highest BCUT2D eigenvalue weighted by molar-refractivity contribution is 7.89. The average molecular weight is 359 g/mol. The van der Waals surface area contributed by atoms with Gasteiger partial charge in [-0.2, -0.15) is 4.31 Å². The van der Waals surface area contributed by atoms with Gasteiger partial charge in [-0.25, -0.2) is 8.42 Å². The van der Waals surface area contributed by atoms with Crippen LogP contribution in [0.4, 0.5) is 0 Å². The molecule has 7 nitrogen and oxygen atoms in total.